The third kappa shape index (κ3) is 3.48. The Bertz CT molecular complexity index is 657. The van der Waals surface area contributed by atoms with Crippen molar-refractivity contribution in [3.8, 4) is 5.75 Å². The minimum Gasteiger partial charge on any atom is -0.496 e. The topological polar surface area (TPSA) is 74.3 Å². The number of carbonyl (C=O) groups is 2. The van der Waals surface area contributed by atoms with Crippen molar-refractivity contribution in [2.75, 3.05) is 39.6 Å². The molecule has 23 heavy (non-hydrogen) atoms. The molecule has 1 heterocycles. The third-order valence-corrected chi connectivity index (χ3v) is 3.90. The molecule has 1 aromatic rings. The van der Waals surface area contributed by atoms with E-state index in [4.69, 9.17) is 18.9 Å². The van der Waals surface area contributed by atoms with E-state index >= 15 is 0 Å². The van der Waals surface area contributed by atoms with Crippen LogP contribution in [0.2, 0.25) is 0 Å². The Morgan fingerprint density at radius 3 is 2.43 bits per heavy atom. The first kappa shape index (κ1) is 17.3. The lowest BCUT2D eigenvalue weighted by Gasteiger charge is -2.31. The minimum absolute atomic E-state index is 0.0229. The number of halogens is 1. The maximum atomic E-state index is 12.2. The van der Waals surface area contributed by atoms with E-state index in [1.54, 1.807) is 30.2 Å². The van der Waals surface area contributed by atoms with E-state index in [2.05, 4.69) is 15.9 Å². The molecule has 0 saturated heterocycles. The smallest absolute Gasteiger partial charge is 0.355 e. The molecule has 0 N–H and O–H groups in total. The van der Waals surface area contributed by atoms with Crippen molar-refractivity contribution >= 4 is 33.6 Å². The maximum absolute atomic E-state index is 12.2. The molecule has 2 rings (SSSR count). The van der Waals surface area contributed by atoms with E-state index in [9.17, 15) is 9.59 Å². The fraction of sp³-hybridized carbons (Fsp3) is 0.333. The van der Waals surface area contributed by atoms with Crippen LogP contribution in [0, 0.1) is 0 Å². The Morgan fingerprint density at radius 1 is 1.17 bits per heavy atom. The van der Waals surface area contributed by atoms with Gasteiger partial charge in [0.2, 0.25) is 0 Å². The van der Waals surface area contributed by atoms with Crippen LogP contribution in [-0.2, 0) is 23.8 Å². The Morgan fingerprint density at radius 2 is 1.87 bits per heavy atom. The molecule has 0 atom stereocenters. The van der Waals surface area contributed by atoms with Crippen molar-refractivity contribution < 1.29 is 28.5 Å². The van der Waals surface area contributed by atoms with Gasteiger partial charge in [-0.3, -0.25) is 0 Å². The van der Waals surface area contributed by atoms with Crippen molar-refractivity contribution in [3.05, 3.63) is 33.9 Å². The second-order valence-electron chi connectivity index (χ2n) is 4.53. The molecule has 1 aliphatic heterocycles. The standard InChI is InChI=1S/C15H16BrNO6/c1-20-12-5-4-9(6-11(12)16)17-8-23-7-10(14(18)21-2)13(17)15(19)22-3/h4-6H,7-8H2,1-3H3. The molecule has 124 valence electrons. The van der Waals surface area contributed by atoms with Crippen molar-refractivity contribution in [2.24, 2.45) is 0 Å². The highest BCUT2D eigenvalue weighted by molar-refractivity contribution is 9.10. The Balaban J connectivity index is 2.52. The number of hydrogen-bond acceptors (Lipinski definition) is 7. The van der Waals surface area contributed by atoms with E-state index in [0.717, 1.165) is 0 Å². The number of carbonyl (C=O) groups excluding carboxylic acids is 2. The van der Waals surface area contributed by atoms with Crippen LogP contribution in [0.15, 0.2) is 33.9 Å². The summed E-state index contributed by atoms with van der Waals surface area (Å²) < 4.78 is 20.8. The zero-order valence-corrected chi connectivity index (χ0v) is 14.5. The van der Waals surface area contributed by atoms with Gasteiger partial charge >= 0.3 is 11.9 Å². The van der Waals surface area contributed by atoms with Crippen molar-refractivity contribution in [2.45, 2.75) is 0 Å². The molecule has 0 unspecified atom stereocenters. The lowest BCUT2D eigenvalue weighted by molar-refractivity contribution is -0.140. The van der Waals surface area contributed by atoms with Crippen molar-refractivity contribution in [3.63, 3.8) is 0 Å². The summed E-state index contributed by atoms with van der Waals surface area (Å²) in [5.41, 5.74) is 0.847. The number of rotatable bonds is 4. The van der Waals surface area contributed by atoms with E-state index in [0.29, 0.717) is 15.9 Å². The quantitative estimate of drug-likeness (QED) is 0.732. The summed E-state index contributed by atoms with van der Waals surface area (Å²) in [6, 6.07) is 5.24. The number of anilines is 1. The first-order chi connectivity index (χ1) is 11.0. The van der Waals surface area contributed by atoms with Gasteiger partial charge in [-0.15, -0.1) is 0 Å². The summed E-state index contributed by atoms with van der Waals surface area (Å²) in [7, 11) is 4.05. The monoisotopic (exact) mass is 385 g/mol. The highest BCUT2D eigenvalue weighted by Crippen LogP contribution is 2.33. The zero-order valence-electron chi connectivity index (χ0n) is 12.9. The predicted molar refractivity (Wildman–Crippen MR) is 85.1 cm³/mol. The Kier molecular flexibility index (Phi) is 5.62. The second kappa shape index (κ2) is 7.47. The van der Waals surface area contributed by atoms with Gasteiger partial charge in [0.1, 0.15) is 18.2 Å². The average Bonchev–Trinajstić information content (AvgIpc) is 2.59. The summed E-state index contributed by atoms with van der Waals surface area (Å²) in [6.07, 6.45) is 0. The average molecular weight is 386 g/mol. The van der Waals surface area contributed by atoms with Gasteiger partial charge in [0.25, 0.3) is 0 Å². The van der Waals surface area contributed by atoms with Gasteiger partial charge < -0.3 is 23.8 Å². The molecule has 0 saturated carbocycles. The molecular weight excluding hydrogens is 370 g/mol. The van der Waals surface area contributed by atoms with Crippen LogP contribution in [0.4, 0.5) is 5.69 Å². The maximum Gasteiger partial charge on any atom is 0.355 e. The van der Waals surface area contributed by atoms with Crippen LogP contribution in [0.25, 0.3) is 0 Å². The summed E-state index contributed by atoms with van der Waals surface area (Å²) in [4.78, 5) is 25.6. The summed E-state index contributed by atoms with van der Waals surface area (Å²) in [5.74, 6) is -0.633. The number of ether oxygens (including phenoxy) is 4. The number of nitrogens with zero attached hydrogens (tertiary/aromatic N) is 1. The molecular formula is C15H16BrNO6. The number of benzene rings is 1. The Hall–Kier alpha value is -2.06. The highest BCUT2D eigenvalue weighted by Gasteiger charge is 2.32. The predicted octanol–water partition coefficient (Wildman–Crippen LogP) is 1.85. The molecule has 0 aliphatic carbocycles. The largest absolute Gasteiger partial charge is 0.496 e. The van der Waals surface area contributed by atoms with Gasteiger partial charge in [0.05, 0.1) is 38.0 Å². The van der Waals surface area contributed by atoms with Crippen LogP contribution in [0.5, 0.6) is 5.75 Å². The molecule has 0 aromatic heterocycles. The van der Waals surface area contributed by atoms with E-state index in [1.165, 1.54) is 14.2 Å². The summed E-state index contributed by atoms with van der Waals surface area (Å²) >= 11 is 3.39. The van der Waals surface area contributed by atoms with Gasteiger partial charge in [-0.25, -0.2) is 9.59 Å². The lowest BCUT2D eigenvalue weighted by Crippen LogP contribution is -2.38. The van der Waals surface area contributed by atoms with Crippen molar-refractivity contribution in [1.82, 2.24) is 0 Å². The van der Waals surface area contributed by atoms with E-state index in [1.807, 2.05) is 0 Å². The first-order valence-corrected chi connectivity index (χ1v) is 7.41. The summed E-state index contributed by atoms with van der Waals surface area (Å²) in [6.45, 7) is 0.0780. The zero-order chi connectivity index (χ0) is 17.0. The molecule has 0 radical (unpaired) electrons. The molecule has 0 amide bonds. The van der Waals surface area contributed by atoms with Crippen LogP contribution in [0.3, 0.4) is 0 Å². The molecule has 0 spiro atoms. The minimum atomic E-state index is -0.638. The number of esters is 2. The lowest BCUT2D eigenvalue weighted by atomic mass is 10.1. The number of hydrogen-bond donors (Lipinski definition) is 0. The van der Waals surface area contributed by atoms with E-state index < -0.39 is 11.9 Å². The normalized spacial score (nSPS) is 14.5. The fourth-order valence-electron chi connectivity index (χ4n) is 2.17. The number of methoxy groups -OCH3 is 3. The first-order valence-electron chi connectivity index (χ1n) is 6.62. The Labute approximate surface area is 141 Å². The SMILES string of the molecule is COC(=O)C1=C(C(=O)OC)N(c2ccc(OC)c(Br)c2)COC1. The van der Waals surface area contributed by atoms with Gasteiger partial charge in [-0.2, -0.15) is 0 Å². The molecule has 7 nitrogen and oxygen atoms in total. The third-order valence-electron chi connectivity index (χ3n) is 3.28. The van der Waals surface area contributed by atoms with Crippen molar-refractivity contribution in [1.29, 1.82) is 0 Å². The van der Waals surface area contributed by atoms with Gasteiger partial charge in [0, 0.05) is 5.69 Å². The molecule has 1 aliphatic rings. The van der Waals surface area contributed by atoms with Crippen LogP contribution < -0.4 is 9.64 Å². The second-order valence-corrected chi connectivity index (χ2v) is 5.39. The molecule has 8 heteroatoms. The van der Waals surface area contributed by atoms with Gasteiger partial charge in [-0.05, 0) is 34.1 Å². The van der Waals surface area contributed by atoms with Crippen LogP contribution in [-0.4, -0.2) is 46.6 Å². The molecule has 1 aromatic carbocycles. The van der Waals surface area contributed by atoms with E-state index in [-0.39, 0.29) is 24.6 Å². The van der Waals surface area contributed by atoms with Gasteiger partial charge in [-0.1, -0.05) is 0 Å². The van der Waals surface area contributed by atoms with Gasteiger partial charge in [0.15, 0.2) is 0 Å². The van der Waals surface area contributed by atoms with Crippen LogP contribution in [0.1, 0.15) is 0 Å². The fourth-order valence-corrected chi connectivity index (χ4v) is 2.70. The van der Waals surface area contributed by atoms with Crippen LogP contribution >= 0.6 is 15.9 Å². The molecule has 0 fully saturated rings. The molecule has 0 bridgehead atoms. The highest BCUT2D eigenvalue weighted by atomic mass is 79.9. The summed E-state index contributed by atoms with van der Waals surface area (Å²) in [5, 5.41) is 0.